The molecule has 32 heavy (non-hydrogen) atoms. The Balaban J connectivity index is 2.17. The van der Waals surface area contributed by atoms with Crippen LogP contribution in [0.1, 0.15) is 71.4 Å². The summed E-state index contributed by atoms with van der Waals surface area (Å²) in [6.07, 6.45) is 4.44. The van der Waals surface area contributed by atoms with Crippen LogP contribution in [-0.2, 0) is 37.6 Å². The van der Waals surface area contributed by atoms with E-state index in [0.717, 1.165) is 47.7 Å². The molecular weight excluding hydrogens is 490 g/mol. The summed E-state index contributed by atoms with van der Waals surface area (Å²) < 4.78 is 29.3. The van der Waals surface area contributed by atoms with Crippen molar-refractivity contribution in [3.05, 3.63) is 33.8 Å². The molecule has 2 aliphatic rings. The van der Waals surface area contributed by atoms with Gasteiger partial charge in [-0.15, -0.1) is 4.72 Å². The molecule has 180 valence electrons. The fourth-order valence-corrected chi connectivity index (χ4v) is 7.79. The average Bonchev–Trinajstić information content (AvgIpc) is 2.96. The van der Waals surface area contributed by atoms with Gasteiger partial charge in [-0.05, 0) is 61.8 Å². The summed E-state index contributed by atoms with van der Waals surface area (Å²) in [4.78, 5) is 13.9. The number of carbonyl (C=O) groups excluding carboxylic acids is 1. The van der Waals surface area contributed by atoms with Crippen molar-refractivity contribution in [2.24, 2.45) is 16.7 Å². The summed E-state index contributed by atoms with van der Waals surface area (Å²) in [6, 6.07) is 6.14. The maximum atomic E-state index is 13.9. The van der Waals surface area contributed by atoms with E-state index in [2.05, 4.69) is 54.4 Å². The molecule has 0 aliphatic heterocycles. The van der Waals surface area contributed by atoms with Crippen molar-refractivity contribution in [3.8, 4) is 0 Å². The molecule has 5 nitrogen and oxygen atoms in total. The Labute approximate surface area is 204 Å². The number of esters is 1. The standard InChI is InChI=1S/C25H38BrNO4S/c1-7-17-14-24(12-11-21(17)30-6)15-18-9-10-19(26)13-20(18)25(24,22(28)31-8-2)27-32(29)16-23(3,4)5/h9-10,13,17,21,27H,7-8,11-12,14-16H2,1-6H3/t17-,21-,24-,25+,32-/m0/s1. The van der Waals surface area contributed by atoms with Crippen LogP contribution in [0.15, 0.2) is 22.7 Å². The van der Waals surface area contributed by atoms with Gasteiger partial charge < -0.3 is 14.0 Å². The van der Waals surface area contributed by atoms with Gasteiger partial charge in [0.2, 0.25) is 0 Å². The molecule has 5 atom stereocenters. The number of carbonyl (C=O) groups is 1. The van der Waals surface area contributed by atoms with Gasteiger partial charge in [-0.25, -0.2) is 4.79 Å². The van der Waals surface area contributed by atoms with E-state index in [1.54, 1.807) is 7.11 Å². The van der Waals surface area contributed by atoms with Gasteiger partial charge >= 0.3 is 5.97 Å². The lowest BCUT2D eigenvalue weighted by Crippen LogP contribution is -2.63. The SMILES string of the molecule is CCOC(=O)[C@]1(N[S@@+]([O-])CC(C)(C)C)c2cc(Br)ccc2C[C@@]12CC[C@H](OC)[C@@H](CC)C2. The second-order valence-corrected chi connectivity index (χ2v) is 12.7. The van der Waals surface area contributed by atoms with Crippen LogP contribution in [0, 0.1) is 16.7 Å². The Hall–Kier alpha value is -0.600. The minimum atomic E-state index is -1.41. The highest BCUT2D eigenvalue weighted by molar-refractivity contribution is 9.10. The summed E-state index contributed by atoms with van der Waals surface area (Å²) >= 11 is 2.20. The van der Waals surface area contributed by atoms with Crippen LogP contribution in [0.4, 0.5) is 0 Å². The number of nitrogens with one attached hydrogen (secondary N) is 1. The van der Waals surface area contributed by atoms with Crippen molar-refractivity contribution >= 4 is 33.3 Å². The first-order chi connectivity index (χ1) is 15.0. The number of hydrogen-bond acceptors (Lipinski definition) is 5. The Kier molecular flexibility index (Phi) is 8.08. The lowest BCUT2D eigenvalue weighted by atomic mass is 9.58. The smallest absolute Gasteiger partial charge is 0.336 e. The monoisotopic (exact) mass is 527 g/mol. The van der Waals surface area contributed by atoms with Gasteiger partial charge in [-0.2, -0.15) is 0 Å². The fraction of sp³-hybridized carbons (Fsp3) is 0.720. The number of halogens is 1. The van der Waals surface area contributed by atoms with Crippen molar-refractivity contribution in [1.29, 1.82) is 0 Å². The molecule has 0 unspecified atom stereocenters. The van der Waals surface area contributed by atoms with Crippen LogP contribution < -0.4 is 4.72 Å². The molecule has 1 aromatic carbocycles. The third kappa shape index (κ3) is 4.78. The summed E-state index contributed by atoms with van der Waals surface area (Å²) in [5.41, 5.74) is 0.334. The van der Waals surface area contributed by atoms with Gasteiger partial charge in [-0.1, -0.05) is 56.1 Å². The zero-order chi connectivity index (χ0) is 23.7. The van der Waals surface area contributed by atoms with E-state index in [9.17, 15) is 9.35 Å². The molecule has 1 fully saturated rings. The highest BCUT2D eigenvalue weighted by Gasteiger charge is 2.67. The average molecular weight is 529 g/mol. The molecule has 1 aromatic rings. The van der Waals surface area contributed by atoms with E-state index in [4.69, 9.17) is 9.47 Å². The van der Waals surface area contributed by atoms with Gasteiger partial charge in [0, 0.05) is 33.8 Å². The van der Waals surface area contributed by atoms with Gasteiger partial charge in [0.15, 0.2) is 5.54 Å². The zero-order valence-electron chi connectivity index (χ0n) is 20.3. The molecular formula is C25H38BrNO4S. The van der Waals surface area contributed by atoms with E-state index in [1.807, 2.05) is 19.1 Å². The van der Waals surface area contributed by atoms with Gasteiger partial charge in [0.25, 0.3) is 0 Å². The molecule has 2 aliphatic carbocycles. The third-order valence-corrected chi connectivity index (χ3v) is 9.28. The van der Waals surface area contributed by atoms with Crippen molar-refractivity contribution in [2.45, 2.75) is 78.4 Å². The van der Waals surface area contributed by atoms with Crippen molar-refractivity contribution in [2.75, 3.05) is 19.5 Å². The van der Waals surface area contributed by atoms with Gasteiger partial charge in [0.1, 0.15) is 5.75 Å². The quantitative estimate of drug-likeness (QED) is 0.386. The van der Waals surface area contributed by atoms with E-state index in [1.165, 1.54) is 0 Å². The molecule has 3 rings (SSSR count). The molecule has 0 saturated heterocycles. The molecule has 1 N–H and O–H groups in total. The number of hydrogen-bond donors (Lipinski definition) is 1. The van der Waals surface area contributed by atoms with Crippen LogP contribution in [-0.4, -0.2) is 36.1 Å². The predicted molar refractivity (Wildman–Crippen MR) is 133 cm³/mol. The summed E-state index contributed by atoms with van der Waals surface area (Å²) in [5.74, 6) is 0.467. The van der Waals surface area contributed by atoms with Crippen LogP contribution in [0.2, 0.25) is 0 Å². The first-order valence-electron chi connectivity index (χ1n) is 11.7. The van der Waals surface area contributed by atoms with E-state index in [0.29, 0.717) is 11.7 Å². The summed E-state index contributed by atoms with van der Waals surface area (Å²) in [7, 11) is 1.78. The maximum Gasteiger partial charge on any atom is 0.336 e. The molecule has 1 spiro atoms. The minimum absolute atomic E-state index is 0.140. The Morgan fingerprint density at radius 3 is 2.66 bits per heavy atom. The first-order valence-corrected chi connectivity index (χ1v) is 13.8. The molecule has 7 heteroatoms. The molecule has 0 radical (unpaired) electrons. The summed E-state index contributed by atoms with van der Waals surface area (Å²) in [6.45, 7) is 10.5. The Bertz CT molecular complexity index is 829. The van der Waals surface area contributed by atoms with Crippen molar-refractivity contribution < 1.29 is 18.8 Å². The summed E-state index contributed by atoms with van der Waals surface area (Å²) in [5, 5.41) is 0. The third-order valence-electron chi connectivity index (χ3n) is 7.13. The largest absolute Gasteiger partial charge is 0.598 e. The van der Waals surface area contributed by atoms with Crippen molar-refractivity contribution in [3.63, 3.8) is 0 Å². The van der Waals surface area contributed by atoms with Crippen LogP contribution in [0.3, 0.4) is 0 Å². The predicted octanol–water partition coefficient (Wildman–Crippen LogP) is 5.27. The molecule has 0 heterocycles. The number of ether oxygens (including phenoxy) is 2. The van der Waals surface area contributed by atoms with Crippen LogP contribution >= 0.6 is 15.9 Å². The fourth-order valence-electron chi connectivity index (χ4n) is 5.81. The normalized spacial score (nSPS) is 30.9. The lowest BCUT2D eigenvalue weighted by molar-refractivity contribution is -0.161. The topological polar surface area (TPSA) is 70.6 Å². The van der Waals surface area contributed by atoms with Gasteiger partial charge in [-0.3, -0.25) is 0 Å². The number of fused-ring (bicyclic) bond motifs is 1. The minimum Gasteiger partial charge on any atom is -0.598 e. The second kappa shape index (κ2) is 9.95. The van der Waals surface area contributed by atoms with E-state index in [-0.39, 0.29) is 24.1 Å². The molecule has 0 aromatic heterocycles. The first kappa shape index (κ1) is 26.0. The van der Waals surface area contributed by atoms with Gasteiger partial charge in [0.05, 0.1) is 12.7 Å². The van der Waals surface area contributed by atoms with E-state index >= 15 is 0 Å². The van der Waals surface area contributed by atoms with Crippen LogP contribution in [0.5, 0.6) is 0 Å². The highest BCUT2D eigenvalue weighted by Crippen LogP contribution is 2.60. The number of methoxy groups -OCH3 is 1. The maximum absolute atomic E-state index is 13.9. The van der Waals surface area contributed by atoms with Crippen LogP contribution in [0.25, 0.3) is 0 Å². The number of rotatable bonds is 7. The molecule has 0 bridgehead atoms. The lowest BCUT2D eigenvalue weighted by Gasteiger charge is -2.50. The second-order valence-electron chi connectivity index (χ2n) is 10.6. The number of benzene rings is 1. The highest BCUT2D eigenvalue weighted by atomic mass is 79.9. The zero-order valence-corrected chi connectivity index (χ0v) is 22.7. The molecule has 0 amide bonds. The molecule has 1 saturated carbocycles. The Morgan fingerprint density at radius 2 is 2.06 bits per heavy atom. The van der Waals surface area contributed by atoms with Crippen molar-refractivity contribution in [1.82, 2.24) is 4.72 Å². The van der Waals surface area contributed by atoms with E-state index < -0.39 is 22.3 Å². The Morgan fingerprint density at radius 1 is 1.34 bits per heavy atom.